The number of likely N-dealkylation sites (tertiary alicyclic amines) is 1. The van der Waals surface area contributed by atoms with Gasteiger partial charge in [0.15, 0.2) is 0 Å². The molecule has 2 heterocycles. The van der Waals surface area contributed by atoms with Crippen LogP contribution in [0, 0.1) is 0 Å². The largest absolute Gasteiger partial charge is 0.352 e. The van der Waals surface area contributed by atoms with Crippen molar-refractivity contribution in [1.82, 2.24) is 20.1 Å². The molecule has 0 aromatic carbocycles. The number of rotatable bonds is 6. The van der Waals surface area contributed by atoms with Crippen molar-refractivity contribution in [3.05, 3.63) is 34.7 Å². The molecule has 1 saturated heterocycles. The summed E-state index contributed by atoms with van der Waals surface area (Å²) >= 11 is 0. The molecule has 0 spiro atoms. The monoisotopic (exact) mass is 332 g/mol. The van der Waals surface area contributed by atoms with E-state index in [1.165, 1.54) is 10.6 Å². The van der Waals surface area contributed by atoms with Gasteiger partial charge in [-0.2, -0.15) is 0 Å². The Morgan fingerprint density at radius 2 is 1.58 bits per heavy atom. The van der Waals surface area contributed by atoms with Crippen molar-refractivity contribution in [2.75, 3.05) is 19.6 Å². The highest BCUT2D eigenvalue weighted by molar-refractivity contribution is 5.78. The summed E-state index contributed by atoms with van der Waals surface area (Å²) in [5.41, 5.74) is -0.177. The molecule has 2 aliphatic rings. The molecule has 2 amide bonds. The van der Waals surface area contributed by atoms with Gasteiger partial charge in [-0.05, 0) is 31.7 Å². The second-order valence-corrected chi connectivity index (χ2v) is 6.63. The summed E-state index contributed by atoms with van der Waals surface area (Å²) in [7, 11) is 0. The minimum atomic E-state index is -0.177. The first-order valence-corrected chi connectivity index (χ1v) is 8.57. The molecular formula is C17H24N4O3. The van der Waals surface area contributed by atoms with Gasteiger partial charge in [-0.3, -0.25) is 19.3 Å². The molecule has 1 saturated carbocycles. The minimum Gasteiger partial charge on any atom is -0.352 e. The number of nitrogens with one attached hydrogen (secondary N) is 2. The van der Waals surface area contributed by atoms with E-state index in [1.54, 1.807) is 18.3 Å². The van der Waals surface area contributed by atoms with Gasteiger partial charge in [0.05, 0.1) is 6.54 Å². The molecule has 0 unspecified atom stereocenters. The zero-order valence-corrected chi connectivity index (χ0v) is 13.7. The van der Waals surface area contributed by atoms with Gasteiger partial charge in [-0.15, -0.1) is 0 Å². The molecular weight excluding hydrogens is 308 g/mol. The molecule has 1 aliphatic heterocycles. The van der Waals surface area contributed by atoms with Crippen molar-refractivity contribution in [2.24, 2.45) is 0 Å². The quantitative estimate of drug-likeness (QED) is 0.750. The molecule has 7 heteroatoms. The van der Waals surface area contributed by atoms with E-state index in [1.807, 2.05) is 0 Å². The summed E-state index contributed by atoms with van der Waals surface area (Å²) in [5, 5.41) is 5.98. The molecule has 0 radical (unpaired) electrons. The van der Waals surface area contributed by atoms with Gasteiger partial charge < -0.3 is 15.2 Å². The van der Waals surface area contributed by atoms with Crippen LogP contribution in [0.1, 0.15) is 25.7 Å². The lowest BCUT2D eigenvalue weighted by atomic mass is 10.0. The van der Waals surface area contributed by atoms with Crippen LogP contribution >= 0.6 is 0 Å². The molecule has 1 aliphatic carbocycles. The summed E-state index contributed by atoms with van der Waals surface area (Å²) in [5.74, 6) is -0.0448. The van der Waals surface area contributed by atoms with Crippen LogP contribution in [0.2, 0.25) is 0 Å². The fraction of sp³-hybridized carbons (Fsp3) is 0.588. The molecule has 7 nitrogen and oxygen atoms in total. The summed E-state index contributed by atoms with van der Waals surface area (Å²) in [6.07, 6.45) is 5.47. The van der Waals surface area contributed by atoms with E-state index in [9.17, 15) is 14.4 Å². The standard InChI is InChI=1S/C17H24N4O3/c22-15(18-13-4-5-13)11-20-9-6-14(7-10-20)19-16(23)12-21-8-2-1-3-17(21)24/h1-3,8,13-14H,4-7,9-12H2,(H,18,22)(H,19,23). The Balaban J connectivity index is 1.38. The number of piperidine rings is 1. The first-order chi connectivity index (χ1) is 11.6. The van der Waals surface area contributed by atoms with E-state index in [2.05, 4.69) is 15.5 Å². The first kappa shape index (κ1) is 16.7. The lowest BCUT2D eigenvalue weighted by Gasteiger charge is -2.31. The highest BCUT2D eigenvalue weighted by Gasteiger charge is 2.26. The third-order valence-corrected chi connectivity index (χ3v) is 4.48. The van der Waals surface area contributed by atoms with Crippen molar-refractivity contribution in [3.63, 3.8) is 0 Å². The van der Waals surface area contributed by atoms with E-state index in [0.717, 1.165) is 38.8 Å². The number of aromatic nitrogens is 1. The number of hydrogen-bond acceptors (Lipinski definition) is 4. The number of carbonyl (C=O) groups excluding carboxylic acids is 2. The van der Waals surface area contributed by atoms with Crippen LogP contribution in [0.3, 0.4) is 0 Å². The maximum absolute atomic E-state index is 12.1. The molecule has 24 heavy (non-hydrogen) atoms. The Morgan fingerprint density at radius 1 is 0.958 bits per heavy atom. The molecule has 2 fully saturated rings. The number of nitrogens with zero attached hydrogens (tertiary/aromatic N) is 2. The van der Waals surface area contributed by atoms with E-state index in [4.69, 9.17) is 0 Å². The van der Waals surface area contributed by atoms with Gasteiger partial charge in [0.1, 0.15) is 6.54 Å². The fourth-order valence-corrected chi connectivity index (χ4v) is 2.96. The van der Waals surface area contributed by atoms with Crippen LogP contribution in [-0.4, -0.2) is 53.0 Å². The number of amides is 2. The second-order valence-electron chi connectivity index (χ2n) is 6.63. The normalized spacial score (nSPS) is 19.0. The van der Waals surface area contributed by atoms with Gasteiger partial charge >= 0.3 is 0 Å². The van der Waals surface area contributed by atoms with E-state index in [-0.39, 0.29) is 30.0 Å². The molecule has 0 atom stereocenters. The molecule has 3 rings (SSSR count). The van der Waals surface area contributed by atoms with Gasteiger partial charge in [0.25, 0.3) is 5.56 Å². The van der Waals surface area contributed by atoms with Crippen LogP contribution in [0.25, 0.3) is 0 Å². The van der Waals surface area contributed by atoms with Crippen LogP contribution in [0.4, 0.5) is 0 Å². The Morgan fingerprint density at radius 3 is 2.21 bits per heavy atom. The van der Waals surface area contributed by atoms with E-state index in [0.29, 0.717) is 12.6 Å². The molecule has 130 valence electrons. The van der Waals surface area contributed by atoms with Gasteiger partial charge in [0, 0.05) is 37.4 Å². The first-order valence-electron chi connectivity index (χ1n) is 8.57. The minimum absolute atomic E-state index is 0.0453. The lowest BCUT2D eigenvalue weighted by Crippen LogP contribution is -2.48. The Kier molecular flexibility index (Phi) is 5.30. The van der Waals surface area contributed by atoms with E-state index >= 15 is 0 Å². The van der Waals surface area contributed by atoms with Crippen molar-refractivity contribution in [1.29, 1.82) is 0 Å². The maximum atomic E-state index is 12.1. The van der Waals surface area contributed by atoms with Crippen molar-refractivity contribution < 1.29 is 9.59 Å². The zero-order chi connectivity index (χ0) is 16.9. The predicted molar refractivity (Wildman–Crippen MR) is 89.5 cm³/mol. The van der Waals surface area contributed by atoms with Crippen LogP contribution in [0.15, 0.2) is 29.2 Å². The third-order valence-electron chi connectivity index (χ3n) is 4.48. The maximum Gasteiger partial charge on any atom is 0.250 e. The smallest absolute Gasteiger partial charge is 0.250 e. The van der Waals surface area contributed by atoms with Crippen molar-refractivity contribution in [2.45, 2.75) is 44.3 Å². The topological polar surface area (TPSA) is 83.4 Å². The highest BCUT2D eigenvalue weighted by Crippen LogP contribution is 2.18. The van der Waals surface area contributed by atoms with Crippen LogP contribution < -0.4 is 16.2 Å². The van der Waals surface area contributed by atoms with E-state index < -0.39 is 0 Å². The Bertz CT molecular complexity index is 645. The highest BCUT2D eigenvalue weighted by atomic mass is 16.2. The molecule has 1 aromatic rings. The number of carbonyl (C=O) groups is 2. The van der Waals surface area contributed by atoms with Crippen LogP contribution in [-0.2, 0) is 16.1 Å². The summed E-state index contributed by atoms with van der Waals surface area (Å²) in [4.78, 5) is 37.6. The fourth-order valence-electron chi connectivity index (χ4n) is 2.96. The second kappa shape index (κ2) is 7.61. The van der Waals surface area contributed by atoms with Gasteiger partial charge in [0.2, 0.25) is 11.8 Å². The number of pyridine rings is 1. The SMILES string of the molecule is O=C(CN1CCC(NC(=O)Cn2ccccc2=O)CC1)NC1CC1. The van der Waals surface area contributed by atoms with Gasteiger partial charge in [-0.1, -0.05) is 6.07 Å². The molecule has 0 bridgehead atoms. The van der Waals surface area contributed by atoms with Crippen molar-refractivity contribution in [3.8, 4) is 0 Å². The number of hydrogen-bond donors (Lipinski definition) is 2. The van der Waals surface area contributed by atoms with Crippen molar-refractivity contribution >= 4 is 11.8 Å². The Labute approximate surface area is 141 Å². The summed E-state index contributed by atoms with van der Waals surface area (Å²) in [6.45, 7) is 2.09. The average Bonchev–Trinajstić information content (AvgIpc) is 3.35. The van der Waals surface area contributed by atoms with Gasteiger partial charge in [-0.25, -0.2) is 0 Å². The molecule has 2 N–H and O–H groups in total. The average molecular weight is 332 g/mol. The molecule has 1 aromatic heterocycles. The zero-order valence-electron chi connectivity index (χ0n) is 13.7. The predicted octanol–water partition coefficient (Wildman–Crippen LogP) is -0.292. The summed E-state index contributed by atoms with van der Waals surface area (Å²) < 4.78 is 1.40. The lowest BCUT2D eigenvalue weighted by molar-refractivity contribution is -0.124. The van der Waals surface area contributed by atoms with Crippen LogP contribution in [0.5, 0.6) is 0 Å². The summed E-state index contributed by atoms with van der Waals surface area (Å²) in [6, 6.07) is 5.35. The Hall–Kier alpha value is -2.15. The third kappa shape index (κ3) is 4.92.